The molecular formula is C23H29F2N5O2. The molecule has 0 spiro atoms. The smallest absolute Gasteiger partial charge is 0.313 e. The van der Waals surface area contributed by atoms with Gasteiger partial charge < -0.3 is 20.4 Å². The van der Waals surface area contributed by atoms with Crippen LogP contribution < -0.4 is 15.5 Å². The molecule has 1 aliphatic rings. The molecule has 2 aromatic carbocycles. The zero-order valence-corrected chi connectivity index (χ0v) is 18.6. The van der Waals surface area contributed by atoms with Gasteiger partial charge in [0.05, 0.1) is 11.7 Å². The molecule has 1 heterocycles. The average Bonchev–Trinajstić information content (AvgIpc) is 2.77. The van der Waals surface area contributed by atoms with Gasteiger partial charge in [0.15, 0.2) is 0 Å². The van der Waals surface area contributed by atoms with Crippen LogP contribution in [0.3, 0.4) is 0 Å². The number of nitrogens with zero attached hydrogens (tertiary/aromatic N) is 3. The van der Waals surface area contributed by atoms with Gasteiger partial charge in [-0.25, -0.2) is 8.78 Å². The Labute approximate surface area is 187 Å². The van der Waals surface area contributed by atoms with E-state index >= 15 is 0 Å². The van der Waals surface area contributed by atoms with Crippen LogP contribution in [0.5, 0.6) is 0 Å². The van der Waals surface area contributed by atoms with Crippen molar-refractivity contribution in [1.29, 1.82) is 0 Å². The van der Waals surface area contributed by atoms with E-state index in [2.05, 4.69) is 27.5 Å². The summed E-state index contributed by atoms with van der Waals surface area (Å²) in [5.41, 5.74) is 1.85. The fraction of sp³-hybridized carbons (Fsp3) is 0.391. The van der Waals surface area contributed by atoms with Crippen LogP contribution in [0.2, 0.25) is 0 Å². The number of likely N-dealkylation sites (N-methyl/N-ethyl adjacent to an activating group) is 1. The van der Waals surface area contributed by atoms with E-state index in [4.69, 9.17) is 0 Å². The lowest BCUT2D eigenvalue weighted by Gasteiger charge is -2.38. The first-order chi connectivity index (χ1) is 15.2. The van der Waals surface area contributed by atoms with Crippen molar-refractivity contribution in [2.45, 2.75) is 6.04 Å². The molecule has 0 saturated carbocycles. The molecule has 1 atom stereocenters. The van der Waals surface area contributed by atoms with Crippen LogP contribution in [0.15, 0.2) is 42.5 Å². The first-order valence-corrected chi connectivity index (χ1v) is 10.5. The van der Waals surface area contributed by atoms with Crippen molar-refractivity contribution in [2.75, 3.05) is 64.1 Å². The number of hydrogen-bond donors (Lipinski definition) is 2. The highest BCUT2D eigenvalue weighted by Crippen LogP contribution is 2.24. The SMILES string of the molecule is CN1CCN(C(CNC(=O)C(=O)Nc2ccc(F)cc2F)c2ccc(N(C)C)cc2)CC1. The summed E-state index contributed by atoms with van der Waals surface area (Å²) in [7, 11) is 6.00. The molecule has 3 rings (SSSR count). The summed E-state index contributed by atoms with van der Waals surface area (Å²) in [5, 5.41) is 4.85. The molecule has 0 aliphatic carbocycles. The van der Waals surface area contributed by atoms with Crippen molar-refractivity contribution in [3.8, 4) is 0 Å². The van der Waals surface area contributed by atoms with Crippen molar-refractivity contribution >= 4 is 23.2 Å². The molecule has 1 unspecified atom stereocenters. The number of benzene rings is 2. The molecule has 0 radical (unpaired) electrons. The van der Waals surface area contributed by atoms with Gasteiger partial charge in [-0.05, 0) is 36.9 Å². The van der Waals surface area contributed by atoms with Crippen LogP contribution in [0.1, 0.15) is 11.6 Å². The molecule has 2 aromatic rings. The van der Waals surface area contributed by atoms with Crippen LogP contribution in [0.4, 0.5) is 20.2 Å². The summed E-state index contributed by atoms with van der Waals surface area (Å²) in [6.45, 7) is 3.71. The average molecular weight is 446 g/mol. The fourth-order valence-corrected chi connectivity index (χ4v) is 3.63. The highest BCUT2D eigenvalue weighted by Gasteiger charge is 2.26. The van der Waals surface area contributed by atoms with Crippen LogP contribution in [-0.2, 0) is 9.59 Å². The molecule has 1 saturated heterocycles. The highest BCUT2D eigenvalue weighted by atomic mass is 19.1. The Morgan fingerprint density at radius 1 is 1.00 bits per heavy atom. The Kier molecular flexibility index (Phi) is 7.76. The minimum Gasteiger partial charge on any atom is -0.378 e. The van der Waals surface area contributed by atoms with E-state index < -0.39 is 23.4 Å². The lowest BCUT2D eigenvalue weighted by atomic mass is 10.0. The van der Waals surface area contributed by atoms with Gasteiger partial charge in [0.1, 0.15) is 11.6 Å². The predicted molar refractivity (Wildman–Crippen MR) is 121 cm³/mol. The maximum atomic E-state index is 13.8. The second-order valence-electron chi connectivity index (χ2n) is 8.13. The van der Waals surface area contributed by atoms with Gasteiger partial charge >= 0.3 is 11.8 Å². The van der Waals surface area contributed by atoms with Crippen molar-refractivity contribution in [2.24, 2.45) is 0 Å². The van der Waals surface area contributed by atoms with Crippen LogP contribution >= 0.6 is 0 Å². The summed E-state index contributed by atoms with van der Waals surface area (Å²) in [4.78, 5) is 31.1. The molecule has 2 N–H and O–H groups in total. The third-order valence-corrected chi connectivity index (χ3v) is 5.61. The molecule has 7 nitrogen and oxygen atoms in total. The molecule has 32 heavy (non-hydrogen) atoms. The summed E-state index contributed by atoms with van der Waals surface area (Å²) in [6, 6.07) is 10.7. The number of anilines is 2. The normalized spacial score (nSPS) is 15.8. The monoisotopic (exact) mass is 445 g/mol. The van der Waals surface area contributed by atoms with Crippen LogP contribution in [0.25, 0.3) is 0 Å². The first kappa shape index (κ1) is 23.6. The quantitative estimate of drug-likeness (QED) is 0.667. The minimum absolute atomic E-state index is 0.112. The van der Waals surface area contributed by atoms with Crippen molar-refractivity contribution in [1.82, 2.24) is 15.1 Å². The summed E-state index contributed by atoms with van der Waals surface area (Å²) in [6.07, 6.45) is 0. The molecule has 1 aliphatic heterocycles. The van der Waals surface area contributed by atoms with E-state index in [1.807, 2.05) is 43.3 Å². The van der Waals surface area contributed by atoms with E-state index in [9.17, 15) is 18.4 Å². The molecule has 2 amide bonds. The van der Waals surface area contributed by atoms with E-state index in [0.717, 1.165) is 49.6 Å². The van der Waals surface area contributed by atoms with Gasteiger partial charge in [0, 0.05) is 58.6 Å². The standard InChI is InChI=1S/C23H29F2N5O2/c1-28(2)18-7-4-16(5-8-18)21(30-12-10-29(3)11-13-30)15-26-22(31)23(32)27-20-9-6-17(24)14-19(20)25/h4-9,14,21H,10-13,15H2,1-3H3,(H,26,31)(H,27,32). The molecule has 0 aromatic heterocycles. The molecule has 0 bridgehead atoms. The third kappa shape index (κ3) is 6.02. The fourth-order valence-electron chi connectivity index (χ4n) is 3.63. The lowest BCUT2D eigenvalue weighted by Crippen LogP contribution is -2.49. The summed E-state index contributed by atoms with van der Waals surface area (Å²) in [5.74, 6) is -3.59. The van der Waals surface area contributed by atoms with Gasteiger partial charge in [-0.15, -0.1) is 0 Å². The molecule has 1 fully saturated rings. The molecule has 172 valence electrons. The van der Waals surface area contributed by atoms with E-state index in [-0.39, 0.29) is 18.3 Å². The second kappa shape index (κ2) is 10.5. The van der Waals surface area contributed by atoms with E-state index in [1.54, 1.807) is 0 Å². The zero-order valence-electron chi connectivity index (χ0n) is 18.6. The third-order valence-electron chi connectivity index (χ3n) is 5.61. The summed E-state index contributed by atoms with van der Waals surface area (Å²) < 4.78 is 26.8. The maximum Gasteiger partial charge on any atom is 0.313 e. The Morgan fingerprint density at radius 2 is 1.66 bits per heavy atom. The minimum atomic E-state index is -1.00. The number of amides is 2. The van der Waals surface area contributed by atoms with Crippen LogP contribution in [0, 0.1) is 11.6 Å². The number of rotatable bonds is 6. The number of carbonyl (C=O) groups excluding carboxylic acids is 2. The molecule has 9 heteroatoms. The Hall–Kier alpha value is -3.04. The number of piperazine rings is 1. The molecular weight excluding hydrogens is 416 g/mol. The summed E-state index contributed by atoms with van der Waals surface area (Å²) >= 11 is 0. The first-order valence-electron chi connectivity index (χ1n) is 10.5. The number of halogens is 2. The van der Waals surface area contributed by atoms with E-state index in [1.165, 1.54) is 0 Å². The Morgan fingerprint density at radius 3 is 2.25 bits per heavy atom. The Bertz CT molecular complexity index is 944. The Balaban J connectivity index is 1.68. The van der Waals surface area contributed by atoms with Gasteiger partial charge in [-0.1, -0.05) is 12.1 Å². The number of hydrogen-bond acceptors (Lipinski definition) is 5. The predicted octanol–water partition coefficient (Wildman–Crippen LogP) is 2.07. The highest BCUT2D eigenvalue weighted by molar-refractivity contribution is 6.39. The van der Waals surface area contributed by atoms with Crippen LogP contribution in [-0.4, -0.2) is 75.5 Å². The second-order valence-corrected chi connectivity index (χ2v) is 8.13. The number of carbonyl (C=O) groups is 2. The van der Waals surface area contributed by atoms with E-state index in [0.29, 0.717) is 6.07 Å². The number of nitrogens with one attached hydrogen (secondary N) is 2. The lowest BCUT2D eigenvalue weighted by molar-refractivity contribution is -0.136. The topological polar surface area (TPSA) is 67.9 Å². The van der Waals surface area contributed by atoms with Gasteiger partial charge in [-0.3, -0.25) is 14.5 Å². The van der Waals surface area contributed by atoms with Gasteiger partial charge in [0.2, 0.25) is 0 Å². The van der Waals surface area contributed by atoms with Crippen molar-refractivity contribution in [3.05, 3.63) is 59.7 Å². The zero-order chi connectivity index (χ0) is 23.3. The van der Waals surface area contributed by atoms with Crippen molar-refractivity contribution in [3.63, 3.8) is 0 Å². The van der Waals surface area contributed by atoms with Crippen molar-refractivity contribution < 1.29 is 18.4 Å². The maximum absolute atomic E-state index is 13.8. The van der Waals surface area contributed by atoms with Gasteiger partial charge in [0.25, 0.3) is 0 Å². The van der Waals surface area contributed by atoms with Gasteiger partial charge in [-0.2, -0.15) is 0 Å². The largest absolute Gasteiger partial charge is 0.378 e.